The fourth-order valence-corrected chi connectivity index (χ4v) is 5.60. The molecule has 3 aromatic carbocycles. The van der Waals surface area contributed by atoms with E-state index in [1.165, 1.54) is 3.57 Å². The first kappa shape index (κ1) is 22.5. The first-order valence-electron chi connectivity index (χ1n) is 9.38. The average Bonchev–Trinajstić information content (AvgIpc) is 3.15. The molecule has 4 aromatic rings. The van der Waals surface area contributed by atoms with Gasteiger partial charge in [0.25, 0.3) is 0 Å². The van der Waals surface area contributed by atoms with Gasteiger partial charge in [-0.15, -0.1) is 0 Å². The van der Waals surface area contributed by atoms with Crippen LogP contribution < -0.4 is 4.74 Å². The molecule has 1 N–H and O–H groups in total. The second-order valence-corrected chi connectivity index (χ2v) is 10.6. The number of halogens is 3. The highest BCUT2D eigenvalue weighted by molar-refractivity contribution is 14.1. The molecule has 0 bridgehead atoms. The molecule has 0 saturated carbocycles. The zero-order valence-corrected chi connectivity index (χ0v) is 22.9. The van der Waals surface area contributed by atoms with Crippen LogP contribution in [0.5, 0.6) is 5.75 Å². The van der Waals surface area contributed by atoms with Crippen LogP contribution in [0.3, 0.4) is 0 Å². The summed E-state index contributed by atoms with van der Waals surface area (Å²) in [6, 6.07) is 20.6. The van der Waals surface area contributed by atoms with Crippen molar-refractivity contribution in [2.45, 2.75) is 13.5 Å². The molecule has 31 heavy (non-hydrogen) atoms. The van der Waals surface area contributed by atoms with E-state index in [9.17, 15) is 5.26 Å². The van der Waals surface area contributed by atoms with Crippen LogP contribution in [0.15, 0.2) is 54.6 Å². The Morgan fingerprint density at radius 3 is 2.45 bits per heavy atom. The largest absolute Gasteiger partial charge is 0.487 e. The van der Waals surface area contributed by atoms with Crippen LogP contribution >= 0.6 is 67.8 Å². The van der Waals surface area contributed by atoms with Crippen molar-refractivity contribution in [1.29, 1.82) is 5.26 Å². The minimum Gasteiger partial charge on any atom is -0.487 e. The number of nitriles is 1. The molecule has 4 nitrogen and oxygen atoms in total. The SMILES string of the molecule is Cc1ccc2nc(/C(C#N)=C\c3cc(I)c(OCc4ccc(I)cc4)c(I)c3)[nH]c2c1. The van der Waals surface area contributed by atoms with Gasteiger partial charge in [-0.25, -0.2) is 4.98 Å². The van der Waals surface area contributed by atoms with E-state index in [0.717, 1.165) is 40.6 Å². The summed E-state index contributed by atoms with van der Waals surface area (Å²) in [5.74, 6) is 1.43. The Bertz CT molecular complexity index is 1310. The molecule has 4 rings (SSSR count). The van der Waals surface area contributed by atoms with Gasteiger partial charge in [0.15, 0.2) is 0 Å². The van der Waals surface area contributed by atoms with Gasteiger partial charge in [-0.2, -0.15) is 5.26 Å². The summed E-state index contributed by atoms with van der Waals surface area (Å²) in [4.78, 5) is 7.84. The van der Waals surface area contributed by atoms with E-state index in [1.54, 1.807) is 0 Å². The van der Waals surface area contributed by atoms with E-state index in [4.69, 9.17) is 4.74 Å². The van der Waals surface area contributed by atoms with E-state index in [2.05, 4.69) is 108 Å². The van der Waals surface area contributed by atoms with Gasteiger partial charge in [-0.3, -0.25) is 0 Å². The topological polar surface area (TPSA) is 61.7 Å². The van der Waals surface area contributed by atoms with Crippen LogP contribution in [0.2, 0.25) is 0 Å². The number of nitrogens with one attached hydrogen (secondary N) is 1. The van der Waals surface area contributed by atoms with Gasteiger partial charge in [-0.1, -0.05) is 18.2 Å². The molecule has 0 amide bonds. The molecule has 154 valence electrons. The monoisotopic (exact) mass is 743 g/mol. The van der Waals surface area contributed by atoms with Crippen molar-refractivity contribution in [1.82, 2.24) is 9.97 Å². The fraction of sp³-hybridized carbons (Fsp3) is 0.0833. The van der Waals surface area contributed by atoms with Crippen LogP contribution in [0.4, 0.5) is 0 Å². The fourth-order valence-electron chi connectivity index (χ4n) is 3.11. The third kappa shape index (κ3) is 5.40. The number of fused-ring (bicyclic) bond motifs is 1. The lowest BCUT2D eigenvalue weighted by molar-refractivity contribution is 0.301. The number of benzene rings is 3. The second kappa shape index (κ2) is 9.87. The van der Waals surface area contributed by atoms with Crippen molar-refractivity contribution in [3.05, 3.63) is 87.8 Å². The summed E-state index contributed by atoms with van der Waals surface area (Å²) in [5.41, 5.74) is 5.49. The van der Waals surface area contributed by atoms with Crippen molar-refractivity contribution in [2.75, 3.05) is 0 Å². The Morgan fingerprint density at radius 1 is 1.06 bits per heavy atom. The van der Waals surface area contributed by atoms with Gasteiger partial charge in [0.2, 0.25) is 0 Å². The van der Waals surface area contributed by atoms with Gasteiger partial charge >= 0.3 is 0 Å². The third-order valence-corrected chi connectivity index (χ3v) is 6.96. The van der Waals surface area contributed by atoms with Crippen molar-refractivity contribution in [3.63, 3.8) is 0 Å². The maximum absolute atomic E-state index is 9.74. The lowest BCUT2D eigenvalue weighted by atomic mass is 10.1. The van der Waals surface area contributed by atoms with E-state index in [0.29, 0.717) is 18.0 Å². The number of nitrogens with zero attached hydrogens (tertiary/aromatic N) is 2. The molecule has 0 spiro atoms. The molecule has 1 aromatic heterocycles. The Kier molecular flexibility index (Phi) is 7.18. The predicted octanol–water partition coefficient (Wildman–Crippen LogP) is 7.33. The highest BCUT2D eigenvalue weighted by atomic mass is 127. The first-order valence-corrected chi connectivity index (χ1v) is 12.6. The molecule has 1 heterocycles. The first-order chi connectivity index (χ1) is 14.9. The molecule has 0 saturated heterocycles. The molecule has 7 heteroatoms. The maximum atomic E-state index is 9.74. The summed E-state index contributed by atoms with van der Waals surface area (Å²) in [6.07, 6.45) is 1.86. The maximum Gasteiger partial charge on any atom is 0.149 e. The van der Waals surface area contributed by atoms with Gasteiger partial charge in [-0.05, 0) is 134 Å². The Morgan fingerprint density at radius 2 is 1.77 bits per heavy atom. The zero-order chi connectivity index (χ0) is 22.0. The van der Waals surface area contributed by atoms with Crippen molar-refractivity contribution >= 4 is 90.5 Å². The van der Waals surface area contributed by atoms with E-state index in [1.807, 2.05) is 43.3 Å². The highest BCUT2D eigenvalue weighted by Gasteiger charge is 2.12. The van der Waals surface area contributed by atoms with E-state index >= 15 is 0 Å². The van der Waals surface area contributed by atoms with Crippen LogP contribution in [-0.4, -0.2) is 9.97 Å². The van der Waals surface area contributed by atoms with Gasteiger partial charge < -0.3 is 9.72 Å². The van der Waals surface area contributed by atoms with Crippen LogP contribution in [0.25, 0.3) is 22.7 Å². The lowest BCUT2D eigenvalue weighted by Gasteiger charge is -2.12. The average molecular weight is 743 g/mol. The van der Waals surface area contributed by atoms with Gasteiger partial charge in [0.05, 0.1) is 23.7 Å². The van der Waals surface area contributed by atoms with Crippen LogP contribution in [0.1, 0.15) is 22.5 Å². The molecule has 0 aliphatic rings. The second-order valence-electron chi connectivity index (χ2n) is 7.00. The summed E-state index contributed by atoms with van der Waals surface area (Å²) < 4.78 is 9.29. The van der Waals surface area contributed by atoms with Crippen LogP contribution in [0, 0.1) is 29.0 Å². The number of aromatic amines is 1. The number of imidazole rings is 1. The minimum absolute atomic E-state index is 0.494. The molecular weight excluding hydrogens is 727 g/mol. The van der Waals surface area contributed by atoms with Crippen molar-refractivity contribution < 1.29 is 4.74 Å². The smallest absolute Gasteiger partial charge is 0.149 e. The molecule has 0 unspecified atom stereocenters. The normalized spacial score (nSPS) is 11.5. The lowest BCUT2D eigenvalue weighted by Crippen LogP contribution is -1.99. The Labute approximate surface area is 221 Å². The number of aryl methyl sites for hydroxylation is 1. The molecule has 0 fully saturated rings. The summed E-state index contributed by atoms with van der Waals surface area (Å²) in [6.45, 7) is 2.55. The minimum atomic E-state index is 0.494. The summed E-state index contributed by atoms with van der Waals surface area (Å²) in [5, 5.41) is 9.74. The molecular formula is C24H16I3N3O. The van der Waals surface area contributed by atoms with Gasteiger partial charge in [0.1, 0.15) is 24.3 Å². The number of allylic oxidation sites excluding steroid dienone is 1. The number of hydrogen-bond donors (Lipinski definition) is 1. The van der Waals surface area contributed by atoms with Crippen LogP contribution in [-0.2, 0) is 6.61 Å². The quantitative estimate of drug-likeness (QED) is 0.172. The third-order valence-electron chi connectivity index (χ3n) is 4.64. The Hall–Kier alpha value is -1.65. The standard InChI is InChI=1S/C24H16I3N3O/c1-14-2-7-21-22(8-14)30-24(29-21)17(12-28)9-16-10-19(26)23(20(27)11-16)31-13-15-3-5-18(25)6-4-15/h2-11H,13H2,1H3,(H,29,30)/b17-9-. The highest BCUT2D eigenvalue weighted by Crippen LogP contribution is 2.31. The molecule has 0 aliphatic carbocycles. The number of ether oxygens (including phenoxy) is 1. The van der Waals surface area contributed by atoms with Crippen molar-refractivity contribution in [3.8, 4) is 11.8 Å². The van der Waals surface area contributed by atoms with Gasteiger partial charge in [0, 0.05) is 3.57 Å². The number of H-pyrrole nitrogens is 1. The van der Waals surface area contributed by atoms with Crippen molar-refractivity contribution in [2.24, 2.45) is 0 Å². The summed E-state index contributed by atoms with van der Waals surface area (Å²) in [7, 11) is 0. The van der Waals surface area contributed by atoms with E-state index in [-0.39, 0.29) is 0 Å². The molecule has 0 atom stereocenters. The number of aromatic nitrogens is 2. The number of rotatable bonds is 5. The Balaban J connectivity index is 1.60. The summed E-state index contributed by atoms with van der Waals surface area (Å²) >= 11 is 6.86. The molecule has 0 aliphatic heterocycles. The number of hydrogen-bond acceptors (Lipinski definition) is 3. The van der Waals surface area contributed by atoms with E-state index < -0.39 is 0 Å². The molecule has 0 radical (unpaired) electrons. The zero-order valence-electron chi connectivity index (χ0n) is 16.4. The predicted molar refractivity (Wildman–Crippen MR) is 150 cm³/mol.